The summed E-state index contributed by atoms with van der Waals surface area (Å²) in [6.45, 7) is 8.49. The summed E-state index contributed by atoms with van der Waals surface area (Å²) in [5.41, 5.74) is 3.88. The zero-order valence-electron chi connectivity index (χ0n) is 12.8. The van der Waals surface area contributed by atoms with Gasteiger partial charge in [0.1, 0.15) is 16.6 Å². The van der Waals surface area contributed by atoms with Crippen LogP contribution >= 0.6 is 11.3 Å². The van der Waals surface area contributed by atoms with Gasteiger partial charge in [-0.1, -0.05) is 32.9 Å². The zero-order chi connectivity index (χ0) is 15.5. The Bertz CT molecular complexity index is 682. The normalized spacial score (nSPS) is 12.0. The van der Waals surface area contributed by atoms with Gasteiger partial charge in [-0.05, 0) is 30.0 Å². The van der Waals surface area contributed by atoms with E-state index in [4.69, 9.17) is 0 Å². The van der Waals surface area contributed by atoms with Gasteiger partial charge in [-0.2, -0.15) is 5.26 Å². The summed E-state index contributed by atoms with van der Waals surface area (Å²) in [4.78, 5) is 4.33. The number of nitrogens with zero attached hydrogens (tertiary/aromatic N) is 2. The molecule has 0 amide bonds. The maximum Gasteiger partial charge on any atom is 0.135 e. The van der Waals surface area contributed by atoms with Crippen LogP contribution in [0.4, 0.5) is 5.69 Å². The van der Waals surface area contributed by atoms with Crippen LogP contribution in [-0.4, -0.2) is 4.98 Å². The Morgan fingerprint density at radius 1 is 1.29 bits per heavy atom. The van der Waals surface area contributed by atoms with Gasteiger partial charge in [-0.25, -0.2) is 4.98 Å². The Hall–Kier alpha value is -2.12. The fourth-order valence-electron chi connectivity index (χ4n) is 1.84. The molecule has 0 fully saturated rings. The quantitative estimate of drug-likeness (QED) is 0.833. The van der Waals surface area contributed by atoms with Crippen molar-refractivity contribution in [1.29, 1.82) is 5.26 Å². The molecule has 108 valence electrons. The van der Waals surface area contributed by atoms with Crippen molar-refractivity contribution in [3.8, 4) is 6.07 Å². The van der Waals surface area contributed by atoms with Crippen LogP contribution in [0.2, 0.25) is 0 Å². The molecule has 0 saturated carbocycles. The van der Waals surface area contributed by atoms with Crippen LogP contribution in [0.1, 0.15) is 37.0 Å². The lowest BCUT2D eigenvalue weighted by Crippen LogP contribution is -2.10. The number of rotatable bonds is 3. The molecule has 2 aromatic rings. The molecule has 0 aliphatic rings. The topological polar surface area (TPSA) is 48.7 Å². The maximum atomic E-state index is 9.23. The SMILES string of the molecule is Cc1csc(/C(C#N)=C/Nc2ccc(C(C)(C)C)cc2)n1. The number of thiazole rings is 1. The molecule has 0 bridgehead atoms. The molecule has 1 heterocycles. The number of anilines is 1. The van der Waals surface area contributed by atoms with Crippen LogP contribution in [0.25, 0.3) is 5.57 Å². The van der Waals surface area contributed by atoms with E-state index >= 15 is 0 Å². The summed E-state index contributed by atoms with van der Waals surface area (Å²) in [7, 11) is 0. The molecule has 21 heavy (non-hydrogen) atoms. The third kappa shape index (κ3) is 3.93. The molecule has 1 N–H and O–H groups in total. The van der Waals surface area contributed by atoms with Crippen molar-refractivity contribution in [2.75, 3.05) is 5.32 Å². The van der Waals surface area contributed by atoms with E-state index in [1.807, 2.05) is 24.4 Å². The van der Waals surface area contributed by atoms with Crippen molar-refractivity contribution in [3.05, 3.63) is 52.1 Å². The van der Waals surface area contributed by atoms with Gasteiger partial charge in [0.2, 0.25) is 0 Å². The fourth-order valence-corrected chi connectivity index (χ4v) is 2.60. The predicted octanol–water partition coefficient (Wildman–Crippen LogP) is 4.73. The standard InChI is InChI=1S/C17H19N3S/c1-12-11-21-16(20-12)13(9-18)10-19-15-7-5-14(6-8-15)17(2,3)4/h5-8,10-11,19H,1-4H3/b13-10+. The van der Waals surface area contributed by atoms with Crippen molar-refractivity contribution in [3.63, 3.8) is 0 Å². The van der Waals surface area contributed by atoms with Gasteiger partial charge in [0.05, 0.1) is 0 Å². The lowest BCUT2D eigenvalue weighted by atomic mass is 9.87. The summed E-state index contributed by atoms with van der Waals surface area (Å²) < 4.78 is 0. The molecular weight excluding hydrogens is 278 g/mol. The van der Waals surface area contributed by atoms with Gasteiger partial charge in [-0.15, -0.1) is 11.3 Å². The van der Waals surface area contributed by atoms with Crippen molar-refractivity contribution < 1.29 is 0 Å². The van der Waals surface area contributed by atoms with Crippen LogP contribution in [-0.2, 0) is 5.41 Å². The van der Waals surface area contributed by atoms with E-state index in [-0.39, 0.29) is 5.41 Å². The van der Waals surface area contributed by atoms with E-state index in [0.717, 1.165) is 16.4 Å². The monoisotopic (exact) mass is 297 g/mol. The summed E-state index contributed by atoms with van der Waals surface area (Å²) >= 11 is 1.48. The smallest absolute Gasteiger partial charge is 0.135 e. The lowest BCUT2D eigenvalue weighted by Gasteiger charge is -2.19. The highest BCUT2D eigenvalue weighted by atomic mass is 32.1. The predicted molar refractivity (Wildman–Crippen MR) is 89.2 cm³/mol. The highest BCUT2D eigenvalue weighted by molar-refractivity contribution is 7.10. The molecule has 0 atom stereocenters. The van der Waals surface area contributed by atoms with E-state index in [1.165, 1.54) is 16.9 Å². The Kier molecular flexibility index (Phi) is 4.44. The highest BCUT2D eigenvalue weighted by Crippen LogP contribution is 2.24. The molecule has 0 spiro atoms. The number of nitriles is 1. The number of benzene rings is 1. The van der Waals surface area contributed by atoms with Gasteiger partial charge < -0.3 is 5.32 Å². The molecule has 4 heteroatoms. The second-order valence-electron chi connectivity index (χ2n) is 5.94. The van der Waals surface area contributed by atoms with Gasteiger partial charge >= 0.3 is 0 Å². The second kappa shape index (κ2) is 6.11. The third-order valence-corrected chi connectivity index (χ3v) is 4.10. The summed E-state index contributed by atoms with van der Waals surface area (Å²) in [5.74, 6) is 0. The van der Waals surface area contributed by atoms with Crippen molar-refractivity contribution in [2.24, 2.45) is 0 Å². The second-order valence-corrected chi connectivity index (χ2v) is 6.79. The average molecular weight is 297 g/mol. The highest BCUT2D eigenvalue weighted by Gasteiger charge is 2.12. The molecule has 0 saturated heterocycles. The first-order chi connectivity index (χ1) is 9.90. The Balaban J connectivity index is 2.14. The first kappa shape index (κ1) is 15.3. The first-order valence-corrected chi connectivity index (χ1v) is 7.68. The number of hydrogen-bond acceptors (Lipinski definition) is 4. The molecular formula is C17H19N3S. The number of allylic oxidation sites excluding steroid dienone is 1. The van der Waals surface area contributed by atoms with E-state index in [9.17, 15) is 5.26 Å². The van der Waals surface area contributed by atoms with Crippen LogP contribution in [0.5, 0.6) is 0 Å². The van der Waals surface area contributed by atoms with Gasteiger partial charge in [-0.3, -0.25) is 0 Å². The average Bonchev–Trinajstić information content (AvgIpc) is 2.86. The first-order valence-electron chi connectivity index (χ1n) is 6.80. The summed E-state index contributed by atoms with van der Waals surface area (Å²) in [6.07, 6.45) is 1.71. The Morgan fingerprint density at radius 3 is 2.43 bits per heavy atom. The molecule has 0 radical (unpaired) electrons. The minimum absolute atomic E-state index is 0.143. The van der Waals surface area contributed by atoms with Crippen molar-refractivity contribution in [2.45, 2.75) is 33.1 Å². The third-order valence-electron chi connectivity index (χ3n) is 3.10. The van der Waals surface area contributed by atoms with E-state index in [0.29, 0.717) is 5.57 Å². The number of nitrogens with one attached hydrogen (secondary N) is 1. The van der Waals surface area contributed by atoms with E-state index < -0.39 is 0 Å². The Labute approximate surface area is 130 Å². The van der Waals surface area contributed by atoms with E-state index in [1.54, 1.807) is 6.20 Å². The molecule has 1 aromatic carbocycles. The van der Waals surface area contributed by atoms with Crippen LogP contribution in [0, 0.1) is 18.3 Å². The minimum atomic E-state index is 0.143. The van der Waals surface area contributed by atoms with E-state index in [2.05, 4.69) is 49.3 Å². The number of hydrogen-bond donors (Lipinski definition) is 1. The number of aryl methyl sites for hydroxylation is 1. The summed E-state index contributed by atoms with van der Waals surface area (Å²) in [5, 5.41) is 15.1. The fraction of sp³-hybridized carbons (Fsp3) is 0.294. The van der Waals surface area contributed by atoms with Crippen LogP contribution in [0.3, 0.4) is 0 Å². The van der Waals surface area contributed by atoms with Gasteiger partial charge in [0.25, 0.3) is 0 Å². The lowest BCUT2D eigenvalue weighted by molar-refractivity contribution is 0.590. The Morgan fingerprint density at radius 2 is 1.95 bits per heavy atom. The molecule has 3 nitrogen and oxygen atoms in total. The molecule has 2 rings (SSSR count). The molecule has 0 aliphatic carbocycles. The zero-order valence-corrected chi connectivity index (χ0v) is 13.6. The number of aromatic nitrogens is 1. The van der Waals surface area contributed by atoms with Crippen molar-refractivity contribution >= 4 is 22.6 Å². The summed E-state index contributed by atoms with van der Waals surface area (Å²) in [6, 6.07) is 10.5. The molecule has 0 aliphatic heterocycles. The maximum absolute atomic E-state index is 9.23. The van der Waals surface area contributed by atoms with Gasteiger partial charge in [0.15, 0.2) is 0 Å². The van der Waals surface area contributed by atoms with Crippen LogP contribution < -0.4 is 5.32 Å². The minimum Gasteiger partial charge on any atom is -0.360 e. The van der Waals surface area contributed by atoms with Crippen molar-refractivity contribution in [1.82, 2.24) is 4.98 Å². The molecule has 0 unspecified atom stereocenters. The van der Waals surface area contributed by atoms with Gasteiger partial charge in [0, 0.05) is 23.0 Å². The van der Waals surface area contributed by atoms with Crippen LogP contribution in [0.15, 0.2) is 35.8 Å². The largest absolute Gasteiger partial charge is 0.360 e. The molecule has 1 aromatic heterocycles.